The fraction of sp³-hybridized carbons (Fsp3) is 0.421. The third-order valence-corrected chi connectivity index (χ3v) is 5.60. The van der Waals surface area contributed by atoms with Gasteiger partial charge in [0.05, 0.1) is 19.1 Å². The molecule has 2 heterocycles. The first-order chi connectivity index (χ1) is 11.2. The molecule has 0 aliphatic carbocycles. The molecule has 1 aliphatic rings. The standard InChI is InChI=1S/C19H24N2OS/c1-15-9-11-21(12-10-15)14-18(22)20-19(17-8-5-13-23-17)16-6-3-2-4-7-16/h2-8,13,15,19H,9-12,14H2,1H3,(H,20,22)/p+1/t19-/m0/s1. The quantitative estimate of drug-likeness (QED) is 0.867. The predicted octanol–water partition coefficient (Wildman–Crippen LogP) is 2.27. The van der Waals surface area contributed by atoms with Gasteiger partial charge in [0.2, 0.25) is 0 Å². The summed E-state index contributed by atoms with van der Waals surface area (Å²) in [6, 6.07) is 14.3. The summed E-state index contributed by atoms with van der Waals surface area (Å²) in [6.45, 7) is 5.12. The van der Waals surface area contributed by atoms with Gasteiger partial charge in [0.15, 0.2) is 6.54 Å². The minimum absolute atomic E-state index is 0.0354. The second kappa shape index (κ2) is 7.75. The largest absolute Gasteiger partial charge is 0.339 e. The van der Waals surface area contributed by atoms with Crippen LogP contribution in [0.15, 0.2) is 47.8 Å². The molecule has 122 valence electrons. The number of amides is 1. The van der Waals surface area contributed by atoms with Crippen LogP contribution < -0.4 is 10.2 Å². The molecule has 1 atom stereocenters. The molecule has 1 saturated heterocycles. The summed E-state index contributed by atoms with van der Waals surface area (Å²) in [5.41, 5.74) is 1.14. The maximum Gasteiger partial charge on any atom is 0.275 e. The lowest BCUT2D eigenvalue weighted by molar-refractivity contribution is -0.898. The Morgan fingerprint density at radius 2 is 1.96 bits per heavy atom. The first-order valence-corrected chi connectivity index (χ1v) is 9.31. The highest BCUT2D eigenvalue weighted by Gasteiger charge is 2.24. The third-order valence-electron chi connectivity index (χ3n) is 4.66. The summed E-state index contributed by atoms with van der Waals surface area (Å²) in [5.74, 6) is 0.960. The molecule has 4 heteroatoms. The van der Waals surface area contributed by atoms with E-state index in [9.17, 15) is 4.79 Å². The van der Waals surface area contributed by atoms with Crippen molar-refractivity contribution >= 4 is 17.2 Å². The van der Waals surface area contributed by atoms with Gasteiger partial charge in [0.1, 0.15) is 0 Å². The summed E-state index contributed by atoms with van der Waals surface area (Å²) < 4.78 is 0. The number of benzene rings is 1. The number of hydrogen-bond acceptors (Lipinski definition) is 2. The Labute approximate surface area is 142 Å². The zero-order chi connectivity index (χ0) is 16.1. The molecule has 23 heavy (non-hydrogen) atoms. The Bertz CT molecular complexity index is 604. The number of quaternary nitrogens is 1. The fourth-order valence-electron chi connectivity index (χ4n) is 3.21. The van der Waals surface area contributed by atoms with Gasteiger partial charge in [-0.1, -0.05) is 43.3 Å². The molecule has 0 bridgehead atoms. The molecule has 1 fully saturated rings. The van der Waals surface area contributed by atoms with Crippen LogP contribution in [0.3, 0.4) is 0 Å². The molecule has 0 radical (unpaired) electrons. The van der Waals surface area contributed by atoms with Crippen molar-refractivity contribution < 1.29 is 9.69 Å². The number of hydrogen-bond donors (Lipinski definition) is 2. The zero-order valence-corrected chi connectivity index (χ0v) is 14.4. The van der Waals surface area contributed by atoms with E-state index in [2.05, 4.69) is 35.8 Å². The Morgan fingerprint density at radius 1 is 1.22 bits per heavy atom. The molecule has 0 spiro atoms. The van der Waals surface area contributed by atoms with Crippen molar-refractivity contribution in [3.05, 3.63) is 58.3 Å². The minimum atomic E-state index is -0.0354. The molecule has 3 rings (SSSR count). The lowest BCUT2D eigenvalue weighted by Gasteiger charge is -2.27. The maximum absolute atomic E-state index is 12.5. The summed E-state index contributed by atoms with van der Waals surface area (Å²) in [5, 5.41) is 5.31. The van der Waals surface area contributed by atoms with Crippen molar-refractivity contribution in [1.29, 1.82) is 0 Å². The summed E-state index contributed by atoms with van der Waals surface area (Å²) in [6.07, 6.45) is 2.46. The maximum atomic E-state index is 12.5. The average molecular weight is 329 g/mol. The van der Waals surface area contributed by atoms with Crippen LogP contribution in [0, 0.1) is 5.92 Å². The first kappa shape index (κ1) is 16.2. The first-order valence-electron chi connectivity index (χ1n) is 8.43. The van der Waals surface area contributed by atoms with Crippen molar-refractivity contribution in [2.24, 2.45) is 5.92 Å². The van der Waals surface area contributed by atoms with Crippen LogP contribution in [0.5, 0.6) is 0 Å². The van der Waals surface area contributed by atoms with Gasteiger partial charge in [-0.25, -0.2) is 0 Å². The molecule has 0 saturated carbocycles. The molecule has 1 aliphatic heterocycles. The number of nitrogens with one attached hydrogen (secondary N) is 2. The van der Waals surface area contributed by atoms with Crippen molar-refractivity contribution in [1.82, 2.24) is 5.32 Å². The second-order valence-electron chi connectivity index (χ2n) is 6.54. The number of likely N-dealkylation sites (tertiary alicyclic amines) is 1. The van der Waals surface area contributed by atoms with Gasteiger partial charge >= 0.3 is 0 Å². The van der Waals surface area contributed by atoms with Crippen LogP contribution in [-0.4, -0.2) is 25.5 Å². The lowest BCUT2D eigenvalue weighted by atomic mass is 9.99. The van der Waals surface area contributed by atoms with Gasteiger partial charge < -0.3 is 10.2 Å². The van der Waals surface area contributed by atoms with Crippen LogP contribution >= 0.6 is 11.3 Å². The second-order valence-corrected chi connectivity index (χ2v) is 7.52. The van der Waals surface area contributed by atoms with E-state index in [1.165, 1.54) is 22.6 Å². The Balaban J connectivity index is 1.65. The number of thiophene rings is 1. The summed E-state index contributed by atoms with van der Waals surface area (Å²) >= 11 is 1.69. The molecule has 1 aromatic heterocycles. The number of rotatable bonds is 5. The zero-order valence-electron chi connectivity index (χ0n) is 13.6. The normalized spacial score (nSPS) is 22.5. The molecular weight excluding hydrogens is 304 g/mol. The third kappa shape index (κ3) is 4.43. The van der Waals surface area contributed by atoms with E-state index in [1.807, 2.05) is 24.3 Å². The van der Waals surface area contributed by atoms with Gasteiger partial charge in [-0.3, -0.25) is 4.79 Å². The number of carbonyl (C=O) groups excluding carboxylic acids is 1. The fourth-order valence-corrected chi connectivity index (χ4v) is 4.01. The monoisotopic (exact) mass is 329 g/mol. The van der Waals surface area contributed by atoms with Gasteiger partial charge in [-0.05, 0) is 35.8 Å². The van der Waals surface area contributed by atoms with E-state index >= 15 is 0 Å². The van der Waals surface area contributed by atoms with Crippen molar-refractivity contribution in [2.45, 2.75) is 25.8 Å². The van der Waals surface area contributed by atoms with Crippen LogP contribution in [0.2, 0.25) is 0 Å². The van der Waals surface area contributed by atoms with E-state index in [-0.39, 0.29) is 11.9 Å². The molecule has 3 nitrogen and oxygen atoms in total. The minimum Gasteiger partial charge on any atom is -0.339 e. The van der Waals surface area contributed by atoms with Crippen molar-refractivity contribution in [3.8, 4) is 0 Å². The number of carbonyl (C=O) groups is 1. The van der Waals surface area contributed by atoms with E-state index in [1.54, 1.807) is 11.3 Å². The molecule has 2 N–H and O–H groups in total. The highest BCUT2D eigenvalue weighted by molar-refractivity contribution is 7.10. The van der Waals surface area contributed by atoms with Gasteiger partial charge in [0, 0.05) is 4.88 Å². The van der Waals surface area contributed by atoms with E-state index < -0.39 is 0 Å². The molecule has 1 aromatic carbocycles. The average Bonchev–Trinajstić information content (AvgIpc) is 3.10. The molecule has 2 aromatic rings. The Morgan fingerprint density at radius 3 is 2.61 bits per heavy atom. The van der Waals surface area contributed by atoms with Crippen LogP contribution in [-0.2, 0) is 4.79 Å². The Kier molecular flexibility index (Phi) is 5.47. The van der Waals surface area contributed by atoms with E-state index in [0.29, 0.717) is 6.54 Å². The summed E-state index contributed by atoms with van der Waals surface area (Å²) in [7, 11) is 0. The molecule has 0 unspecified atom stereocenters. The SMILES string of the molecule is CC1CC[NH+](CC(=O)N[C@@H](c2ccccc2)c2cccs2)CC1. The Hall–Kier alpha value is -1.65. The van der Waals surface area contributed by atoms with Gasteiger partial charge in [-0.2, -0.15) is 0 Å². The van der Waals surface area contributed by atoms with Gasteiger partial charge in [0.25, 0.3) is 5.91 Å². The van der Waals surface area contributed by atoms with Gasteiger partial charge in [-0.15, -0.1) is 11.3 Å². The van der Waals surface area contributed by atoms with Crippen LogP contribution in [0.25, 0.3) is 0 Å². The lowest BCUT2D eigenvalue weighted by Crippen LogP contribution is -3.14. The number of piperidine rings is 1. The summed E-state index contributed by atoms with van der Waals surface area (Å²) in [4.78, 5) is 15.1. The topological polar surface area (TPSA) is 33.5 Å². The molecule has 1 amide bonds. The van der Waals surface area contributed by atoms with Crippen LogP contribution in [0.1, 0.15) is 36.2 Å². The van der Waals surface area contributed by atoms with Crippen molar-refractivity contribution in [3.63, 3.8) is 0 Å². The predicted molar refractivity (Wildman–Crippen MR) is 94.7 cm³/mol. The van der Waals surface area contributed by atoms with E-state index in [4.69, 9.17) is 0 Å². The molecular formula is C19H25N2OS+. The van der Waals surface area contributed by atoms with Crippen LogP contribution in [0.4, 0.5) is 0 Å². The van der Waals surface area contributed by atoms with E-state index in [0.717, 1.165) is 24.6 Å². The highest BCUT2D eigenvalue weighted by atomic mass is 32.1. The van der Waals surface area contributed by atoms with Crippen molar-refractivity contribution in [2.75, 3.05) is 19.6 Å². The smallest absolute Gasteiger partial charge is 0.275 e. The highest BCUT2D eigenvalue weighted by Crippen LogP contribution is 2.25.